The molecule has 0 unspecified atom stereocenters. The molecule has 1 atom stereocenters. The molecule has 1 aliphatic rings. The fraction of sp³-hybridized carbons (Fsp3) is 0.273. The van der Waals surface area contributed by atoms with Crippen molar-refractivity contribution in [2.75, 3.05) is 25.1 Å². The maximum atomic E-state index is 11.4. The summed E-state index contributed by atoms with van der Waals surface area (Å²) in [6, 6.07) is 16.1. The molecule has 1 aromatic carbocycles. The Bertz CT molecular complexity index is 972. The third kappa shape index (κ3) is 4.64. The molecule has 4 rings (SSSR count). The van der Waals surface area contributed by atoms with E-state index in [2.05, 4.69) is 46.4 Å². The minimum absolute atomic E-state index is 0.434. The summed E-state index contributed by atoms with van der Waals surface area (Å²) < 4.78 is 5.52. The molecule has 0 spiro atoms. The number of carbonyl (C=O) groups excluding carboxylic acids is 1. The van der Waals surface area contributed by atoms with Gasteiger partial charge in [0.15, 0.2) is 0 Å². The average molecular weight is 409 g/mol. The highest BCUT2D eigenvalue weighted by atomic mass is 32.1. The van der Waals surface area contributed by atoms with E-state index in [1.54, 1.807) is 17.5 Å². The number of nitrogens with one attached hydrogen (secondary N) is 1. The van der Waals surface area contributed by atoms with E-state index in [0.29, 0.717) is 11.7 Å². The fourth-order valence-corrected chi connectivity index (χ4v) is 4.55. The number of rotatable bonds is 5. The maximum Gasteiger partial charge on any atom is 0.316 e. The van der Waals surface area contributed by atoms with Crippen LogP contribution in [0, 0.1) is 0 Å². The molecule has 150 valence electrons. The lowest BCUT2D eigenvalue weighted by Gasteiger charge is -2.33. The minimum Gasteiger partial charge on any atom is -0.379 e. The number of hydrogen-bond acceptors (Lipinski definition) is 5. The van der Waals surface area contributed by atoms with Gasteiger partial charge in [0.05, 0.1) is 29.5 Å². The van der Waals surface area contributed by atoms with Crippen LogP contribution in [0.2, 0.25) is 0 Å². The van der Waals surface area contributed by atoms with Crippen molar-refractivity contribution in [3.05, 3.63) is 60.3 Å². The third-order valence-electron chi connectivity index (χ3n) is 5.02. The van der Waals surface area contributed by atoms with Gasteiger partial charge in [-0.2, -0.15) is 0 Å². The predicted octanol–water partition coefficient (Wildman–Crippen LogP) is 4.19. The minimum atomic E-state index is -0.582. The van der Waals surface area contributed by atoms with Crippen LogP contribution in [0.3, 0.4) is 0 Å². The van der Waals surface area contributed by atoms with Gasteiger partial charge in [-0.15, -0.1) is 11.3 Å². The van der Waals surface area contributed by atoms with Gasteiger partial charge in [0.1, 0.15) is 0 Å². The van der Waals surface area contributed by atoms with E-state index in [4.69, 9.17) is 10.5 Å². The zero-order valence-corrected chi connectivity index (χ0v) is 17.1. The number of benzene rings is 1. The van der Waals surface area contributed by atoms with Gasteiger partial charge < -0.3 is 15.8 Å². The topological polar surface area (TPSA) is 80.5 Å². The normalized spacial score (nSPS) is 17.2. The van der Waals surface area contributed by atoms with Crippen molar-refractivity contribution in [2.45, 2.75) is 19.5 Å². The number of urea groups is 1. The number of primary amides is 1. The molecule has 1 fully saturated rings. The number of carbonyl (C=O) groups is 1. The van der Waals surface area contributed by atoms with Crippen molar-refractivity contribution in [1.82, 2.24) is 9.88 Å². The number of nitrogens with zero attached hydrogens (tertiary/aromatic N) is 2. The van der Waals surface area contributed by atoms with Gasteiger partial charge in [-0.1, -0.05) is 30.3 Å². The Morgan fingerprint density at radius 2 is 2.14 bits per heavy atom. The first-order valence-corrected chi connectivity index (χ1v) is 10.4. The zero-order chi connectivity index (χ0) is 20.2. The Morgan fingerprint density at radius 1 is 1.31 bits per heavy atom. The second kappa shape index (κ2) is 8.73. The molecule has 0 bridgehead atoms. The van der Waals surface area contributed by atoms with Crippen LogP contribution in [-0.4, -0.2) is 41.7 Å². The molecule has 2 aromatic heterocycles. The number of amides is 2. The monoisotopic (exact) mass is 408 g/mol. The van der Waals surface area contributed by atoms with Gasteiger partial charge in [0.25, 0.3) is 0 Å². The predicted molar refractivity (Wildman–Crippen MR) is 117 cm³/mol. The van der Waals surface area contributed by atoms with Gasteiger partial charge in [0, 0.05) is 30.2 Å². The number of morpholine rings is 1. The number of hydrogen-bond donors (Lipinski definition) is 2. The highest BCUT2D eigenvalue weighted by molar-refractivity contribution is 7.19. The van der Waals surface area contributed by atoms with Crippen LogP contribution in [0.15, 0.2) is 54.7 Å². The van der Waals surface area contributed by atoms with E-state index < -0.39 is 6.03 Å². The second-order valence-electron chi connectivity index (χ2n) is 7.15. The Balaban J connectivity index is 1.58. The highest BCUT2D eigenvalue weighted by Crippen LogP contribution is 2.40. The van der Waals surface area contributed by atoms with Crippen LogP contribution in [0.1, 0.15) is 12.5 Å². The van der Waals surface area contributed by atoms with Gasteiger partial charge in [-0.3, -0.25) is 9.88 Å². The summed E-state index contributed by atoms with van der Waals surface area (Å²) >= 11 is 1.59. The second-order valence-corrected chi connectivity index (χ2v) is 8.20. The largest absolute Gasteiger partial charge is 0.379 e. The Kier molecular flexibility index (Phi) is 5.89. The lowest BCUT2D eigenvalue weighted by atomic mass is 10.1. The summed E-state index contributed by atoms with van der Waals surface area (Å²) in [6.07, 6.45) is 1.74. The lowest BCUT2D eigenvalue weighted by molar-refractivity contribution is -0.00436. The number of ether oxygens (including phenoxy) is 1. The summed E-state index contributed by atoms with van der Waals surface area (Å²) in [7, 11) is 0. The number of nitrogens with two attached hydrogens (primary N) is 1. The molecule has 1 saturated heterocycles. The first-order valence-electron chi connectivity index (χ1n) is 9.63. The van der Waals surface area contributed by atoms with E-state index in [0.717, 1.165) is 47.3 Å². The zero-order valence-electron chi connectivity index (χ0n) is 16.3. The Labute approximate surface area is 174 Å². The smallest absolute Gasteiger partial charge is 0.316 e. The maximum absolute atomic E-state index is 11.4. The Morgan fingerprint density at radius 3 is 2.83 bits per heavy atom. The molecule has 3 aromatic rings. The first kappa shape index (κ1) is 19.6. The van der Waals surface area contributed by atoms with Gasteiger partial charge in [-0.25, -0.2) is 4.79 Å². The summed E-state index contributed by atoms with van der Waals surface area (Å²) in [6.45, 7) is 5.67. The molecule has 0 aliphatic carbocycles. The number of anilines is 1. The van der Waals surface area contributed by atoms with Crippen LogP contribution in [0.4, 0.5) is 10.5 Å². The number of thiophene rings is 1. The molecule has 2 amide bonds. The van der Waals surface area contributed by atoms with E-state index in [1.165, 1.54) is 5.56 Å². The summed E-state index contributed by atoms with van der Waals surface area (Å²) in [5.74, 6) is 0. The summed E-state index contributed by atoms with van der Waals surface area (Å²) in [5.41, 5.74) is 9.23. The summed E-state index contributed by atoms with van der Waals surface area (Å²) in [5, 5.41) is 2.72. The van der Waals surface area contributed by atoms with Crippen LogP contribution in [0.25, 0.3) is 21.0 Å². The molecule has 0 saturated carbocycles. The van der Waals surface area contributed by atoms with Gasteiger partial charge in [-0.05, 0) is 36.2 Å². The van der Waals surface area contributed by atoms with E-state index in [9.17, 15) is 4.79 Å². The molecule has 3 N–H and O–H groups in total. The van der Waals surface area contributed by atoms with E-state index in [1.807, 2.05) is 24.3 Å². The fourth-order valence-electron chi connectivity index (χ4n) is 3.45. The van der Waals surface area contributed by atoms with Crippen molar-refractivity contribution in [2.24, 2.45) is 5.73 Å². The van der Waals surface area contributed by atoms with Crippen molar-refractivity contribution in [3.63, 3.8) is 0 Å². The van der Waals surface area contributed by atoms with Crippen molar-refractivity contribution < 1.29 is 9.53 Å². The van der Waals surface area contributed by atoms with Gasteiger partial charge >= 0.3 is 6.03 Å². The standard InChI is InChI=1S/C22H24N4O2S/c1-15-14-28-11-10-26(15)13-16-5-7-17(8-6-16)20-12-19(25-22(23)27)21(29-20)18-4-2-3-9-24-18/h2-9,12,15H,10-11,13-14H2,1H3,(H3,23,25,27)/t15-/m0/s1. The summed E-state index contributed by atoms with van der Waals surface area (Å²) in [4.78, 5) is 20.2. The molecule has 1 aliphatic heterocycles. The molecule has 29 heavy (non-hydrogen) atoms. The average Bonchev–Trinajstić information content (AvgIpc) is 3.14. The van der Waals surface area contributed by atoms with Crippen molar-refractivity contribution in [1.29, 1.82) is 0 Å². The number of aromatic nitrogens is 1. The molecule has 7 heteroatoms. The SMILES string of the molecule is C[C@H]1COCCN1Cc1ccc(-c2cc(NC(N)=O)c(-c3ccccn3)s2)cc1. The van der Waals surface area contributed by atoms with Crippen molar-refractivity contribution >= 4 is 23.1 Å². The van der Waals surface area contributed by atoms with Crippen LogP contribution >= 0.6 is 11.3 Å². The van der Waals surface area contributed by atoms with Crippen LogP contribution in [0.5, 0.6) is 0 Å². The molecule has 6 nitrogen and oxygen atoms in total. The Hall–Kier alpha value is -2.74. The number of pyridine rings is 1. The van der Waals surface area contributed by atoms with Crippen molar-refractivity contribution in [3.8, 4) is 21.0 Å². The molecule has 0 radical (unpaired) electrons. The van der Waals surface area contributed by atoms with Gasteiger partial charge in [0.2, 0.25) is 0 Å². The lowest BCUT2D eigenvalue weighted by Crippen LogP contribution is -2.42. The first-order chi connectivity index (χ1) is 14.1. The molecular weight excluding hydrogens is 384 g/mol. The van der Waals surface area contributed by atoms with Crippen LogP contribution < -0.4 is 11.1 Å². The highest BCUT2D eigenvalue weighted by Gasteiger charge is 2.19. The van der Waals surface area contributed by atoms with E-state index >= 15 is 0 Å². The van der Waals surface area contributed by atoms with E-state index in [-0.39, 0.29) is 0 Å². The molecular formula is C22H24N4O2S. The quantitative estimate of drug-likeness (QED) is 0.663. The van der Waals surface area contributed by atoms with Crippen LogP contribution in [-0.2, 0) is 11.3 Å². The third-order valence-corrected chi connectivity index (χ3v) is 6.22. The molecule has 3 heterocycles.